The number of fused-ring (bicyclic) bond motifs is 1. The molecule has 6 heteroatoms. The van der Waals surface area contributed by atoms with E-state index in [0.29, 0.717) is 36.1 Å². The van der Waals surface area contributed by atoms with E-state index in [-0.39, 0.29) is 11.5 Å². The highest BCUT2D eigenvalue weighted by Crippen LogP contribution is 2.55. The van der Waals surface area contributed by atoms with Crippen molar-refractivity contribution in [1.82, 2.24) is 15.2 Å². The molecule has 0 aromatic carbocycles. The molecular formula is C22H31N3O3. The maximum Gasteiger partial charge on any atom is 0.252 e. The van der Waals surface area contributed by atoms with E-state index in [1.807, 2.05) is 19.9 Å². The average Bonchev–Trinajstić information content (AvgIpc) is 3.37. The fraction of sp³-hybridized carbons (Fsp3) is 0.727. The summed E-state index contributed by atoms with van der Waals surface area (Å²) in [4.78, 5) is 19.6. The summed E-state index contributed by atoms with van der Waals surface area (Å²) in [5.74, 6) is 0.932. The highest BCUT2D eigenvalue weighted by atomic mass is 16.5. The van der Waals surface area contributed by atoms with E-state index in [1.54, 1.807) is 6.20 Å². The highest BCUT2D eigenvalue weighted by Gasteiger charge is 2.63. The molecule has 5 heterocycles. The van der Waals surface area contributed by atoms with Gasteiger partial charge in [0.25, 0.3) is 5.91 Å². The van der Waals surface area contributed by atoms with Crippen molar-refractivity contribution in [3.63, 3.8) is 0 Å². The zero-order chi connectivity index (χ0) is 19.3. The largest absolute Gasteiger partial charge is 0.381 e. The lowest BCUT2D eigenvalue weighted by molar-refractivity contribution is -0.0122. The first kappa shape index (κ1) is 18.5. The molecule has 0 radical (unpaired) electrons. The van der Waals surface area contributed by atoms with Gasteiger partial charge in [-0.1, -0.05) is 0 Å². The first-order chi connectivity index (χ1) is 13.6. The number of carbonyl (C=O) groups excluding carboxylic acids is 1. The summed E-state index contributed by atoms with van der Waals surface area (Å²) in [5.41, 5.74) is 2.70. The average molecular weight is 386 g/mol. The van der Waals surface area contributed by atoms with Crippen molar-refractivity contribution in [2.24, 2.45) is 11.8 Å². The van der Waals surface area contributed by atoms with Crippen molar-refractivity contribution in [1.29, 1.82) is 0 Å². The van der Waals surface area contributed by atoms with Crippen LogP contribution in [-0.4, -0.2) is 66.4 Å². The lowest BCUT2D eigenvalue weighted by Crippen LogP contribution is -2.41. The van der Waals surface area contributed by atoms with Gasteiger partial charge in [-0.05, 0) is 51.2 Å². The quantitative estimate of drug-likeness (QED) is 0.860. The molecule has 1 spiro atoms. The van der Waals surface area contributed by atoms with Crippen LogP contribution in [0, 0.1) is 25.7 Å². The van der Waals surface area contributed by atoms with Crippen LogP contribution in [-0.2, 0) is 9.47 Å². The first-order valence-corrected chi connectivity index (χ1v) is 10.8. The van der Waals surface area contributed by atoms with Crippen LogP contribution in [0.25, 0.3) is 0 Å². The van der Waals surface area contributed by atoms with E-state index in [9.17, 15) is 4.79 Å². The van der Waals surface area contributed by atoms with E-state index in [0.717, 1.165) is 56.8 Å². The van der Waals surface area contributed by atoms with Gasteiger partial charge in [-0.15, -0.1) is 0 Å². The Morgan fingerprint density at radius 3 is 2.93 bits per heavy atom. The van der Waals surface area contributed by atoms with Crippen molar-refractivity contribution in [2.75, 3.05) is 32.8 Å². The van der Waals surface area contributed by atoms with Gasteiger partial charge in [0.2, 0.25) is 0 Å². The van der Waals surface area contributed by atoms with Crippen molar-refractivity contribution in [2.45, 2.75) is 57.3 Å². The van der Waals surface area contributed by atoms with Crippen LogP contribution < -0.4 is 5.32 Å². The van der Waals surface area contributed by atoms with E-state index < -0.39 is 0 Å². The van der Waals surface area contributed by atoms with Gasteiger partial charge in [-0.25, -0.2) is 0 Å². The Hall–Kier alpha value is -1.50. The Kier molecular flexibility index (Phi) is 4.68. The zero-order valence-corrected chi connectivity index (χ0v) is 16.9. The van der Waals surface area contributed by atoms with Crippen LogP contribution in [0.5, 0.6) is 0 Å². The number of likely N-dealkylation sites (tertiary alicyclic amines) is 1. The number of carbonyl (C=O) groups is 1. The maximum absolute atomic E-state index is 12.7. The molecule has 4 aliphatic heterocycles. The van der Waals surface area contributed by atoms with Gasteiger partial charge in [0, 0.05) is 62.6 Å². The minimum atomic E-state index is -0.0216. The number of amides is 1. The van der Waals surface area contributed by atoms with Gasteiger partial charge in [0.1, 0.15) is 0 Å². The topological polar surface area (TPSA) is 63.7 Å². The molecule has 1 aromatic rings. The second-order valence-electron chi connectivity index (χ2n) is 9.14. The van der Waals surface area contributed by atoms with Crippen LogP contribution in [0.3, 0.4) is 0 Å². The van der Waals surface area contributed by atoms with Crippen molar-refractivity contribution < 1.29 is 14.3 Å². The Morgan fingerprint density at radius 2 is 2.14 bits per heavy atom. The Balaban J connectivity index is 1.25. The highest BCUT2D eigenvalue weighted by molar-refractivity contribution is 5.94. The number of nitrogens with one attached hydrogen (secondary N) is 1. The van der Waals surface area contributed by atoms with Crippen LogP contribution >= 0.6 is 0 Å². The number of aromatic nitrogens is 1. The Bertz CT molecular complexity index is 763. The summed E-state index contributed by atoms with van der Waals surface area (Å²) < 4.78 is 12.1. The van der Waals surface area contributed by atoms with E-state index >= 15 is 0 Å². The Labute approximate surface area is 167 Å². The van der Waals surface area contributed by atoms with Gasteiger partial charge in [-0.3, -0.25) is 14.7 Å². The molecule has 0 unspecified atom stereocenters. The second-order valence-corrected chi connectivity index (χ2v) is 9.14. The molecule has 28 heavy (non-hydrogen) atoms. The van der Waals surface area contributed by atoms with Gasteiger partial charge in [0.15, 0.2) is 0 Å². The molecule has 2 bridgehead atoms. The summed E-state index contributed by atoms with van der Waals surface area (Å²) >= 11 is 0. The smallest absolute Gasteiger partial charge is 0.252 e. The zero-order valence-electron chi connectivity index (χ0n) is 16.9. The van der Waals surface area contributed by atoms with Gasteiger partial charge in [0.05, 0.1) is 17.3 Å². The summed E-state index contributed by atoms with van der Waals surface area (Å²) in [5, 5.41) is 3.18. The SMILES string of the molecule is Cc1cc(C(=O)NC[C@H]2[C@H]3CN(C4CCOCC4)C[C@]34CC[C@H]2O4)cnc1C. The predicted octanol–water partition coefficient (Wildman–Crippen LogP) is 2.09. The normalized spacial score (nSPS) is 35.3. The first-order valence-electron chi connectivity index (χ1n) is 10.8. The van der Waals surface area contributed by atoms with Crippen molar-refractivity contribution >= 4 is 5.91 Å². The fourth-order valence-corrected chi connectivity index (χ4v) is 5.91. The van der Waals surface area contributed by atoms with Crippen molar-refractivity contribution in [3.8, 4) is 0 Å². The third kappa shape index (κ3) is 3.06. The standard InChI is InChI=1S/C22H31N3O3/c1-14-9-16(10-23-15(14)2)21(26)24-11-18-19-12-25(17-4-7-27-8-5-17)13-22(19)6-3-20(18)28-22/h9-10,17-20H,3-8,11-13H2,1-2H3,(H,24,26)/t18-,19+,20+,22+/m0/s1. The van der Waals surface area contributed by atoms with E-state index in [4.69, 9.17) is 9.47 Å². The number of pyridine rings is 1. The molecule has 152 valence electrons. The molecule has 4 fully saturated rings. The molecule has 1 N–H and O–H groups in total. The number of hydrogen-bond acceptors (Lipinski definition) is 5. The third-order valence-electron chi connectivity index (χ3n) is 7.62. The third-order valence-corrected chi connectivity index (χ3v) is 7.62. The fourth-order valence-electron chi connectivity index (χ4n) is 5.91. The number of hydrogen-bond donors (Lipinski definition) is 1. The molecule has 4 aliphatic rings. The Morgan fingerprint density at radius 1 is 1.32 bits per heavy atom. The summed E-state index contributed by atoms with van der Waals surface area (Å²) in [6.45, 7) is 8.59. The molecule has 0 saturated carbocycles. The summed E-state index contributed by atoms with van der Waals surface area (Å²) in [7, 11) is 0. The van der Waals surface area contributed by atoms with Gasteiger partial charge >= 0.3 is 0 Å². The molecule has 0 aliphatic carbocycles. The lowest BCUT2D eigenvalue weighted by Gasteiger charge is -2.32. The number of aryl methyl sites for hydroxylation is 2. The van der Waals surface area contributed by atoms with Crippen LogP contribution in [0.4, 0.5) is 0 Å². The molecule has 6 nitrogen and oxygen atoms in total. The van der Waals surface area contributed by atoms with Crippen LogP contribution in [0.2, 0.25) is 0 Å². The predicted molar refractivity (Wildman–Crippen MR) is 105 cm³/mol. The number of ether oxygens (including phenoxy) is 2. The minimum Gasteiger partial charge on any atom is -0.381 e. The molecule has 4 saturated heterocycles. The number of nitrogens with zero attached hydrogens (tertiary/aromatic N) is 2. The van der Waals surface area contributed by atoms with E-state index in [2.05, 4.69) is 15.2 Å². The number of rotatable bonds is 4. The summed E-state index contributed by atoms with van der Waals surface area (Å²) in [6, 6.07) is 2.56. The molecule has 1 amide bonds. The van der Waals surface area contributed by atoms with Gasteiger partial charge < -0.3 is 14.8 Å². The molecule has 1 aromatic heterocycles. The molecule has 4 atom stereocenters. The lowest BCUT2D eigenvalue weighted by atomic mass is 9.73. The van der Waals surface area contributed by atoms with Crippen LogP contribution in [0.15, 0.2) is 12.3 Å². The van der Waals surface area contributed by atoms with Gasteiger partial charge in [-0.2, -0.15) is 0 Å². The maximum atomic E-state index is 12.7. The van der Waals surface area contributed by atoms with E-state index in [1.165, 1.54) is 6.42 Å². The molecular weight excluding hydrogens is 354 g/mol. The summed E-state index contributed by atoms with van der Waals surface area (Å²) in [6.07, 6.45) is 6.55. The second kappa shape index (κ2) is 7.08. The van der Waals surface area contributed by atoms with Crippen molar-refractivity contribution in [3.05, 3.63) is 29.1 Å². The monoisotopic (exact) mass is 385 g/mol. The van der Waals surface area contributed by atoms with Crippen LogP contribution in [0.1, 0.15) is 47.3 Å². The minimum absolute atomic E-state index is 0.0216. The molecule has 5 rings (SSSR count).